The monoisotopic (exact) mass is 418 g/mol. The molecule has 0 aliphatic carbocycles. The summed E-state index contributed by atoms with van der Waals surface area (Å²) in [5.74, 6) is 1.69. The van der Waals surface area contributed by atoms with Crippen molar-refractivity contribution in [2.45, 2.75) is 26.5 Å². The predicted molar refractivity (Wildman–Crippen MR) is 121 cm³/mol. The van der Waals surface area contributed by atoms with Gasteiger partial charge in [0.1, 0.15) is 17.2 Å². The molecule has 0 aliphatic rings. The van der Waals surface area contributed by atoms with Gasteiger partial charge >= 0.3 is 0 Å². The Morgan fingerprint density at radius 3 is 2.52 bits per heavy atom. The number of anilines is 1. The predicted octanol–water partition coefficient (Wildman–Crippen LogP) is 3.65. The van der Waals surface area contributed by atoms with Crippen LogP contribution in [0.25, 0.3) is 11.0 Å². The highest BCUT2D eigenvalue weighted by Crippen LogP contribution is 2.25. The van der Waals surface area contributed by atoms with Crippen LogP contribution in [-0.4, -0.2) is 38.4 Å². The van der Waals surface area contributed by atoms with Crippen molar-refractivity contribution in [3.8, 4) is 11.5 Å². The number of aryl methyl sites for hydroxylation is 1. The summed E-state index contributed by atoms with van der Waals surface area (Å²) in [4.78, 5) is 9.23. The van der Waals surface area contributed by atoms with Crippen molar-refractivity contribution in [2.24, 2.45) is 0 Å². The smallest absolute Gasteiger partial charge is 0.204 e. The molecule has 7 nitrogen and oxygen atoms in total. The second-order valence-corrected chi connectivity index (χ2v) is 7.45. The van der Waals surface area contributed by atoms with E-state index in [0.29, 0.717) is 24.7 Å². The van der Waals surface area contributed by atoms with E-state index in [4.69, 9.17) is 9.72 Å². The Morgan fingerprint density at radius 2 is 1.77 bits per heavy atom. The summed E-state index contributed by atoms with van der Waals surface area (Å²) in [5.41, 5.74) is 5.12. The average Bonchev–Trinajstić information content (AvgIpc) is 3.13. The van der Waals surface area contributed by atoms with Crippen LogP contribution in [0.2, 0.25) is 0 Å². The van der Waals surface area contributed by atoms with Gasteiger partial charge in [-0.3, -0.25) is 4.98 Å². The first-order valence-electron chi connectivity index (χ1n) is 10.2. The van der Waals surface area contributed by atoms with Crippen LogP contribution in [-0.2, 0) is 19.6 Å². The minimum atomic E-state index is -0.0384. The third-order valence-corrected chi connectivity index (χ3v) is 5.25. The quantitative estimate of drug-likeness (QED) is 0.405. The number of ether oxygens (including phenoxy) is 1. The van der Waals surface area contributed by atoms with Gasteiger partial charge in [0, 0.05) is 12.2 Å². The Bertz CT molecular complexity index is 1190. The maximum Gasteiger partial charge on any atom is 0.204 e. The highest BCUT2D eigenvalue weighted by atomic mass is 16.5. The zero-order chi connectivity index (χ0) is 21.8. The number of nitrogens with zero attached hydrogens (tertiary/aromatic N) is 3. The maximum absolute atomic E-state index is 10.3. The maximum atomic E-state index is 10.3. The molecule has 2 aromatic heterocycles. The van der Waals surface area contributed by atoms with Gasteiger partial charge in [-0.25, -0.2) is 4.98 Å². The number of aliphatic hydroxyl groups excluding tert-OH is 1. The molecule has 0 amide bonds. The molecule has 2 aromatic carbocycles. The molecule has 7 heteroatoms. The molecule has 0 atom stereocenters. The van der Waals surface area contributed by atoms with Crippen LogP contribution in [0, 0.1) is 6.92 Å². The van der Waals surface area contributed by atoms with Crippen molar-refractivity contribution in [3.63, 3.8) is 0 Å². The van der Waals surface area contributed by atoms with Gasteiger partial charge in [0.15, 0.2) is 0 Å². The van der Waals surface area contributed by atoms with Gasteiger partial charge in [0.05, 0.1) is 31.3 Å². The highest BCUT2D eigenvalue weighted by molar-refractivity contribution is 5.79. The molecule has 0 radical (unpaired) electrons. The fraction of sp³-hybridized carbons (Fsp3) is 0.250. The summed E-state index contributed by atoms with van der Waals surface area (Å²) in [6.07, 6.45) is 0.822. The van der Waals surface area contributed by atoms with Crippen molar-refractivity contribution < 1.29 is 14.9 Å². The van der Waals surface area contributed by atoms with Gasteiger partial charge in [-0.15, -0.1) is 0 Å². The normalized spacial score (nSPS) is 11.1. The van der Waals surface area contributed by atoms with E-state index in [9.17, 15) is 10.2 Å². The number of imidazole rings is 1. The largest absolute Gasteiger partial charge is 0.506 e. The Balaban J connectivity index is 1.61. The van der Waals surface area contributed by atoms with Crippen LogP contribution >= 0.6 is 0 Å². The molecule has 0 saturated carbocycles. The number of fused-ring (bicyclic) bond motifs is 1. The lowest BCUT2D eigenvalue weighted by Crippen LogP contribution is -2.12. The van der Waals surface area contributed by atoms with Gasteiger partial charge in [-0.05, 0) is 60.9 Å². The molecular weight excluding hydrogens is 392 g/mol. The molecule has 0 unspecified atom stereocenters. The molecule has 4 rings (SSSR count). The van der Waals surface area contributed by atoms with E-state index in [-0.39, 0.29) is 12.4 Å². The summed E-state index contributed by atoms with van der Waals surface area (Å²) in [6, 6.07) is 17.1. The fourth-order valence-corrected chi connectivity index (χ4v) is 3.55. The first-order valence-corrected chi connectivity index (χ1v) is 10.2. The van der Waals surface area contributed by atoms with E-state index < -0.39 is 0 Å². The third-order valence-electron chi connectivity index (χ3n) is 5.25. The van der Waals surface area contributed by atoms with Gasteiger partial charge < -0.3 is 24.8 Å². The van der Waals surface area contributed by atoms with Gasteiger partial charge in [-0.1, -0.05) is 18.2 Å². The van der Waals surface area contributed by atoms with Crippen molar-refractivity contribution in [3.05, 3.63) is 77.1 Å². The average molecular weight is 418 g/mol. The second kappa shape index (κ2) is 9.06. The highest BCUT2D eigenvalue weighted by Gasteiger charge is 2.14. The first kappa shape index (κ1) is 20.7. The number of aliphatic hydroxyl groups is 1. The number of hydrogen-bond acceptors (Lipinski definition) is 6. The molecule has 0 aliphatic heterocycles. The zero-order valence-corrected chi connectivity index (χ0v) is 17.7. The molecule has 3 N–H and O–H groups in total. The molecule has 31 heavy (non-hydrogen) atoms. The van der Waals surface area contributed by atoms with Crippen LogP contribution in [0.1, 0.15) is 22.5 Å². The summed E-state index contributed by atoms with van der Waals surface area (Å²) >= 11 is 0. The van der Waals surface area contributed by atoms with Gasteiger partial charge in [0.25, 0.3) is 0 Å². The molecular formula is C24H26N4O3. The third kappa shape index (κ3) is 4.62. The number of hydrogen-bond donors (Lipinski definition) is 3. The lowest BCUT2D eigenvalue weighted by Gasteiger charge is -2.12. The van der Waals surface area contributed by atoms with Crippen LogP contribution < -0.4 is 10.1 Å². The summed E-state index contributed by atoms with van der Waals surface area (Å²) in [7, 11) is 1.66. The van der Waals surface area contributed by atoms with Crippen LogP contribution in [0.3, 0.4) is 0 Å². The summed E-state index contributed by atoms with van der Waals surface area (Å²) in [6.45, 7) is 2.93. The summed E-state index contributed by atoms with van der Waals surface area (Å²) < 4.78 is 7.22. The molecule has 0 saturated heterocycles. The van der Waals surface area contributed by atoms with Crippen molar-refractivity contribution in [1.29, 1.82) is 0 Å². The molecule has 2 heterocycles. The summed E-state index contributed by atoms with van der Waals surface area (Å²) in [5, 5.41) is 23.2. The second-order valence-electron chi connectivity index (χ2n) is 7.45. The Labute approximate surface area is 181 Å². The fourth-order valence-electron chi connectivity index (χ4n) is 3.55. The number of rotatable bonds is 8. The number of aromatic nitrogens is 3. The van der Waals surface area contributed by atoms with Crippen LogP contribution in [0.4, 0.5) is 5.95 Å². The van der Waals surface area contributed by atoms with Crippen LogP contribution in [0.15, 0.2) is 54.6 Å². The van der Waals surface area contributed by atoms with E-state index in [0.717, 1.165) is 34.5 Å². The van der Waals surface area contributed by atoms with Gasteiger partial charge in [0.2, 0.25) is 5.95 Å². The zero-order valence-electron chi connectivity index (χ0n) is 17.7. The van der Waals surface area contributed by atoms with Crippen LogP contribution in [0.5, 0.6) is 11.5 Å². The van der Waals surface area contributed by atoms with Crippen molar-refractivity contribution in [2.75, 3.05) is 19.0 Å². The van der Waals surface area contributed by atoms with Crippen molar-refractivity contribution in [1.82, 2.24) is 14.5 Å². The molecule has 0 fully saturated rings. The Morgan fingerprint density at radius 1 is 1.00 bits per heavy atom. The number of benzene rings is 2. The SMILES string of the molecule is COc1ccc(CCNc2nc3cc(CO)ccc3n2Cc2nc(C)ccc2O)cc1. The Hall–Kier alpha value is -3.58. The van der Waals surface area contributed by atoms with E-state index in [1.54, 1.807) is 19.2 Å². The molecule has 160 valence electrons. The topological polar surface area (TPSA) is 92.4 Å². The number of methoxy groups -OCH3 is 1. The lowest BCUT2D eigenvalue weighted by molar-refractivity contribution is 0.282. The Kier molecular flexibility index (Phi) is 6.04. The standard InChI is InChI=1S/C24H26N4O3/c1-16-3-10-23(30)21(26-16)14-28-22-9-6-18(15-29)13-20(22)27-24(28)25-12-11-17-4-7-19(31-2)8-5-17/h3-10,13,29-30H,11-12,14-15H2,1-2H3,(H,25,27). The first-order chi connectivity index (χ1) is 15.1. The van der Waals surface area contributed by atoms with E-state index in [1.165, 1.54) is 5.56 Å². The molecule has 0 bridgehead atoms. The minimum Gasteiger partial charge on any atom is -0.506 e. The molecule has 0 spiro atoms. The number of aromatic hydroxyl groups is 1. The van der Waals surface area contributed by atoms with Gasteiger partial charge in [-0.2, -0.15) is 0 Å². The van der Waals surface area contributed by atoms with E-state index >= 15 is 0 Å². The number of nitrogens with one attached hydrogen (secondary N) is 1. The van der Waals surface area contributed by atoms with Crippen molar-refractivity contribution >= 4 is 17.0 Å². The minimum absolute atomic E-state index is 0.0384. The molecule has 4 aromatic rings. The van der Waals surface area contributed by atoms with E-state index in [1.807, 2.05) is 54.0 Å². The lowest BCUT2D eigenvalue weighted by atomic mass is 10.1. The van der Waals surface area contributed by atoms with E-state index in [2.05, 4.69) is 10.3 Å². The number of pyridine rings is 1.